The molecule has 4 rings (SSSR count). The van der Waals surface area contributed by atoms with Crippen LogP contribution in [-0.4, -0.2) is 66.0 Å². The summed E-state index contributed by atoms with van der Waals surface area (Å²) in [5, 5.41) is 6.04. The van der Waals surface area contributed by atoms with Crippen molar-refractivity contribution in [1.82, 2.24) is 20.2 Å². The molecule has 2 amide bonds. The van der Waals surface area contributed by atoms with E-state index in [-0.39, 0.29) is 11.8 Å². The zero-order valence-corrected chi connectivity index (χ0v) is 19.1. The van der Waals surface area contributed by atoms with Gasteiger partial charge in [0.25, 0.3) is 0 Å². The summed E-state index contributed by atoms with van der Waals surface area (Å²) in [7, 11) is 0. The molecule has 176 valence electrons. The van der Waals surface area contributed by atoms with Crippen molar-refractivity contribution in [2.75, 3.05) is 49.5 Å². The molecule has 1 aromatic carbocycles. The van der Waals surface area contributed by atoms with E-state index in [0.717, 1.165) is 11.4 Å². The molecule has 1 fully saturated rings. The van der Waals surface area contributed by atoms with Crippen LogP contribution in [0.1, 0.15) is 12.7 Å². The second-order valence-corrected chi connectivity index (χ2v) is 7.87. The standard InChI is InChI=1S/C25H28N6O3/c1-19(32)26-11-12-27-22-18-23(29-25(28-22)20-6-3-2-4-7-20)30-13-15-31(16-14-30)24(33)10-9-21-8-5-17-34-21/h2-10,17-18H,11-16H2,1H3,(H,26,32)(H,27,28,29)/b10-9+. The lowest BCUT2D eigenvalue weighted by molar-refractivity contribution is -0.126. The number of nitrogens with zero attached hydrogens (tertiary/aromatic N) is 4. The molecule has 2 N–H and O–H groups in total. The van der Waals surface area contributed by atoms with E-state index in [9.17, 15) is 9.59 Å². The summed E-state index contributed by atoms with van der Waals surface area (Å²) in [6.07, 6.45) is 4.81. The lowest BCUT2D eigenvalue weighted by atomic mass is 10.2. The molecule has 0 saturated carbocycles. The van der Waals surface area contributed by atoms with E-state index in [0.29, 0.717) is 56.7 Å². The average Bonchev–Trinajstić information content (AvgIpc) is 3.39. The first kappa shape index (κ1) is 23.0. The molecule has 0 bridgehead atoms. The van der Waals surface area contributed by atoms with Crippen LogP contribution in [0.2, 0.25) is 0 Å². The minimum absolute atomic E-state index is 0.0379. The Balaban J connectivity index is 1.44. The van der Waals surface area contributed by atoms with Gasteiger partial charge in [-0.05, 0) is 18.2 Å². The van der Waals surface area contributed by atoms with E-state index in [1.165, 1.54) is 6.92 Å². The number of aromatic nitrogens is 2. The van der Waals surface area contributed by atoms with Gasteiger partial charge in [-0.2, -0.15) is 0 Å². The first-order chi connectivity index (χ1) is 16.6. The molecule has 2 aromatic heterocycles. The molecule has 9 nitrogen and oxygen atoms in total. The van der Waals surface area contributed by atoms with Crippen LogP contribution in [-0.2, 0) is 9.59 Å². The van der Waals surface area contributed by atoms with Crippen LogP contribution < -0.4 is 15.5 Å². The summed E-state index contributed by atoms with van der Waals surface area (Å²) in [5.41, 5.74) is 0.922. The van der Waals surface area contributed by atoms with Crippen LogP contribution in [0.25, 0.3) is 17.5 Å². The van der Waals surface area contributed by atoms with Gasteiger partial charge in [-0.3, -0.25) is 9.59 Å². The Bertz CT molecular complexity index is 1120. The fourth-order valence-corrected chi connectivity index (χ4v) is 3.63. The summed E-state index contributed by atoms with van der Waals surface area (Å²) in [6, 6.07) is 15.3. The second kappa shape index (κ2) is 11.1. The summed E-state index contributed by atoms with van der Waals surface area (Å²) < 4.78 is 5.25. The van der Waals surface area contributed by atoms with E-state index in [4.69, 9.17) is 9.40 Å². The van der Waals surface area contributed by atoms with Gasteiger partial charge in [-0.15, -0.1) is 0 Å². The second-order valence-electron chi connectivity index (χ2n) is 7.87. The topological polar surface area (TPSA) is 104 Å². The van der Waals surface area contributed by atoms with Crippen molar-refractivity contribution in [3.8, 4) is 11.4 Å². The maximum Gasteiger partial charge on any atom is 0.246 e. The molecule has 0 spiro atoms. The number of amides is 2. The molecule has 1 aliphatic rings. The van der Waals surface area contributed by atoms with E-state index in [1.807, 2.05) is 47.4 Å². The van der Waals surface area contributed by atoms with E-state index in [2.05, 4.69) is 20.5 Å². The highest BCUT2D eigenvalue weighted by molar-refractivity contribution is 5.91. The number of furan rings is 1. The third-order valence-electron chi connectivity index (χ3n) is 5.40. The third kappa shape index (κ3) is 6.22. The highest BCUT2D eigenvalue weighted by Crippen LogP contribution is 2.23. The molecule has 0 unspecified atom stereocenters. The Morgan fingerprint density at radius 1 is 1.03 bits per heavy atom. The zero-order valence-electron chi connectivity index (χ0n) is 19.1. The van der Waals surface area contributed by atoms with Gasteiger partial charge < -0.3 is 24.9 Å². The SMILES string of the molecule is CC(=O)NCCNc1cc(N2CCN(C(=O)/C=C/c3ccco3)CC2)nc(-c2ccccc2)n1. The van der Waals surface area contributed by atoms with E-state index >= 15 is 0 Å². The van der Waals surface area contributed by atoms with Crippen molar-refractivity contribution in [3.05, 3.63) is 66.6 Å². The molecule has 9 heteroatoms. The highest BCUT2D eigenvalue weighted by atomic mass is 16.3. The molecule has 0 radical (unpaired) electrons. The highest BCUT2D eigenvalue weighted by Gasteiger charge is 2.22. The lowest BCUT2D eigenvalue weighted by Gasteiger charge is -2.35. The number of hydrogen-bond acceptors (Lipinski definition) is 7. The van der Waals surface area contributed by atoms with Gasteiger partial charge in [0.1, 0.15) is 17.4 Å². The van der Waals surface area contributed by atoms with Gasteiger partial charge in [0.2, 0.25) is 11.8 Å². The summed E-state index contributed by atoms with van der Waals surface area (Å²) in [4.78, 5) is 37.1. The summed E-state index contributed by atoms with van der Waals surface area (Å²) in [6.45, 7) is 5.06. The molecule has 3 aromatic rings. The predicted molar refractivity (Wildman–Crippen MR) is 131 cm³/mol. The van der Waals surface area contributed by atoms with Crippen LogP contribution >= 0.6 is 0 Å². The van der Waals surface area contributed by atoms with Crippen LogP contribution in [0.15, 0.2) is 65.3 Å². The van der Waals surface area contributed by atoms with Crippen molar-refractivity contribution < 1.29 is 14.0 Å². The molecule has 1 aliphatic heterocycles. The van der Waals surface area contributed by atoms with Crippen LogP contribution in [0.4, 0.5) is 11.6 Å². The lowest BCUT2D eigenvalue weighted by Crippen LogP contribution is -2.48. The van der Waals surface area contributed by atoms with Gasteiger partial charge in [0.15, 0.2) is 5.82 Å². The Morgan fingerprint density at radius 3 is 2.53 bits per heavy atom. The first-order valence-electron chi connectivity index (χ1n) is 11.3. The summed E-state index contributed by atoms with van der Waals surface area (Å²) in [5.74, 6) is 2.66. The van der Waals surface area contributed by atoms with Gasteiger partial charge >= 0.3 is 0 Å². The van der Waals surface area contributed by atoms with Crippen molar-refractivity contribution in [2.45, 2.75) is 6.92 Å². The fourth-order valence-electron chi connectivity index (χ4n) is 3.63. The maximum atomic E-state index is 12.5. The minimum atomic E-state index is -0.0680. The molecule has 3 heterocycles. The number of hydrogen-bond donors (Lipinski definition) is 2. The van der Waals surface area contributed by atoms with Crippen molar-refractivity contribution in [3.63, 3.8) is 0 Å². The predicted octanol–water partition coefficient (Wildman–Crippen LogP) is 2.65. The largest absolute Gasteiger partial charge is 0.465 e. The average molecular weight is 461 g/mol. The van der Waals surface area contributed by atoms with Gasteiger partial charge in [0, 0.05) is 63.9 Å². The fraction of sp³-hybridized carbons (Fsp3) is 0.280. The Morgan fingerprint density at radius 2 is 1.82 bits per heavy atom. The Kier molecular flexibility index (Phi) is 7.54. The van der Waals surface area contributed by atoms with Crippen LogP contribution in [0.5, 0.6) is 0 Å². The minimum Gasteiger partial charge on any atom is -0.465 e. The maximum absolute atomic E-state index is 12.5. The van der Waals surface area contributed by atoms with E-state index in [1.54, 1.807) is 24.5 Å². The number of piperazine rings is 1. The monoisotopic (exact) mass is 460 g/mol. The number of carbonyl (C=O) groups is 2. The molecule has 1 saturated heterocycles. The van der Waals surface area contributed by atoms with Gasteiger partial charge in [0.05, 0.1) is 6.26 Å². The van der Waals surface area contributed by atoms with Crippen LogP contribution in [0, 0.1) is 0 Å². The molecule has 34 heavy (non-hydrogen) atoms. The number of rotatable bonds is 8. The normalized spacial score (nSPS) is 13.8. The zero-order chi connectivity index (χ0) is 23.8. The number of carbonyl (C=O) groups excluding carboxylic acids is 2. The number of anilines is 2. The van der Waals surface area contributed by atoms with Gasteiger partial charge in [-0.25, -0.2) is 9.97 Å². The summed E-state index contributed by atoms with van der Waals surface area (Å²) >= 11 is 0. The number of benzene rings is 1. The first-order valence-corrected chi connectivity index (χ1v) is 11.3. The molecular formula is C25H28N6O3. The molecule has 0 aliphatic carbocycles. The smallest absolute Gasteiger partial charge is 0.246 e. The van der Waals surface area contributed by atoms with Gasteiger partial charge in [-0.1, -0.05) is 30.3 Å². The number of nitrogens with one attached hydrogen (secondary N) is 2. The molecule has 0 atom stereocenters. The quantitative estimate of drug-likeness (QED) is 0.393. The van der Waals surface area contributed by atoms with Crippen molar-refractivity contribution in [1.29, 1.82) is 0 Å². The third-order valence-corrected chi connectivity index (χ3v) is 5.40. The van der Waals surface area contributed by atoms with Crippen LogP contribution in [0.3, 0.4) is 0 Å². The van der Waals surface area contributed by atoms with Crippen molar-refractivity contribution in [2.24, 2.45) is 0 Å². The van der Waals surface area contributed by atoms with E-state index < -0.39 is 0 Å². The Labute approximate surface area is 198 Å². The van der Waals surface area contributed by atoms with Crippen molar-refractivity contribution >= 4 is 29.5 Å². The molecular weight excluding hydrogens is 432 g/mol. The Hall–Kier alpha value is -4.14.